The van der Waals surface area contributed by atoms with Crippen molar-refractivity contribution >= 4 is 41.3 Å². The van der Waals surface area contributed by atoms with Crippen molar-refractivity contribution in [2.45, 2.75) is 31.2 Å². The lowest BCUT2D eigenvalue weighted by molar-refractivity contribution is 0.322. The molecule has 1 fully saturated rings. The number of guanidine groups is 1. The first-order valence-electron chi connectivity index (χ1n) is 7.65. The number of halogens is 3. The Labute approximate surface area is 161 Å². The van der Waals surface area contributed by atoms with E-state index in [0.29, 0.717) is 18.1 Å². The average molecular weight is 463 g/mol. The topological polar surface area (TPSA) is 50.4 Å². The van der Waals surface area contributed by atoms with Crippen LogP contribution in [0.5, 0.6) is 0 Å². The number of thiophene rings is 1. The van der Waals surface area contributed by atoms with Gasteiger partial charge in [0.1, 0.15) is 11.6 Å². The lowest BCUT2D eigenvalue weighted by atomic mass is 9.76. The Morgan fingerprint density at radius 3 is 2.58 bits per heavy atom. The van der Waals surface area contributed by atoms with E-state index in [2.05, 4.69) is 16.4 Å². The van der Waals surface area contributed by atoms with Gasteiger partial charge in [0.2, 0.25) is 0 Å². The van der Waals surface area contributed by atoms with Crippen LogP contribution < -0.4 is 11.1 Å². The van der Waals surface area contributed by atoms with Crippen molar-refractivity contribution in [1.82, 2.24) is 5.32 Å². The maximum atomic E-state index is 13.2. The van der Waals surface area contributed by atoms with E-state index >= 15 is 0 Å². The summed E-state index contributed by atoms with van der Waals surface area (Å²) in [6.45, 7) is 0.657. The van der Waals surface area contributed by atoms with Crippen LogP contribution >= 0.6 is 35.3 Å². The number of rotatable bonds is 5. The average Bonchev–Trinajstić information content (AvgIpc) is 2.94. The minimum Gasteiger partial charge on any atom is -0.370 e. The molecule has 1 heterocycles. The first-order valence-corrected chi connectivity index (χ1v) is 8.53. The lowest BCUT2D eigenvalue weighted by Gasteiger charge is -2.36. The minimum absolute atomic E-state index is 0. The second-order valence-electron chi connectivity index (χ2n) is 5.81. The molecule has 0 amide bonds. The predicted octanol–water partition coefficient (Wildman–Crippen LogP) is 4.04. The number of nitrogens with zero attached hydrogens (tertiary/aromatic N) is 1. The molecular weight excluding hydrogens is 443 g/mol. The van der Waals surface area contributed by atoms with Crippen LogP contribution in [0.2, 0.25) is 0 Å². The summed E-state index contributed by atoms with van der Waals surface area (Å²) in [7, 11) is 0. The molecule has 0 atom stereocenters. The summed E-state index contributed by atoms with van der Waals surface area (Å²) in [4.78, 5) is 5.61. The highest BCUT2D eigenvalue weighted by molar-refractivity contribution is 14.0. The van der Waals surface area contributed by atoms with Crippen molar-refractivity contribution in [1.29, 1.82) is 0 Å². The highest BCUT2D eigenvalue weighted by Gasteiger charge is 2.31. The molecule has 0 bridgehead atoms. The molecule has 3 N–H and O–H groups in total. The van der Waals surface area contributed by atoms with Gasteiger partial charge < -0.3 is 11.1 Å². The van der Waals surface area contributed by atoms with Crippen molar-refractivity contribution in [3.63, 3.8) is 0 Å². The third kappa shape index (κ3) is 5.14. The van der Waals surface area contributed by atoms with Crippen LogP contribution in [0.4, 0.5) is 8.78 Å². The van der Waals surface area contributed by atoms with Crippen LogP contribution in [0.3, 0.4) is 0 Å². The molecule has 0 radical (unpaired) electrons. The zero-order valence-electron chi connectivity index (χ0n) is 13.0. The summed E-state index contributed by atoms with van der Waals surface area (Å²) in [5.74, 6) is -0.427. The fourth-order valence-corrected chi connectivity index (χ4v) is 3.51. The lowest BCUT2D eigenvalue weighted by Crippen LogP contribution is -2.46. The zero-order chi connectivity index (χ0) is 16.2. The Hall–Kier alpha value is -1.22. The molecule has 7 heteroatoms. The van der Waals surface area contributed by atoms with Crippen LogP contribution in [-0.2, 0) is 6.42 Å². The Kier molecular flexibility index (Phi) is 6.97. The van der Waals surface area contributed by atoms with Gasteiger partial charge in [-0.2, -0.15) is 0 Å². The monoisotopic (exact) mass is 463 g/mol. The normalized spacial score (nSPS) is 20.2. The van der Waals surface area contributed by atoms with Crippen LogP contribution in [0.1, 0.15) is 29.2 Å². The smallest absolute Gasteiger partial charge is 0.188 e. The first-order chi connectivity index (χ1) is 11.1. The van der Waals surface area contributed by atoms with Crippen molar-refractivity contribution in [3.8, 4) is 0 Å². The minimum atomic E-state index is -0.522. The summed E-state index contributed by atoms with van der Waals surface area (Å²) in [6, 6.07) is 8.03. The molecule has 0 aliphatic heterocycles. The number of hydrogen-bond acceptors (Lipinski definition) is 2. The third-order valence-corrected chi connectivity index (χ3v) is 5.00. The van der Waals surface area contributed by atoms with Gasteiger partial charge in [-0.1, -0.05) is 6.07 Å². The molecule has 2 aromatic rings. The fraction of sp³-hybridized carbons (Fsp3) is 0.353. The van der Waals surface area contributed by atoms with Gasteiger partial charge in [0.15, 0.2) is 5.96 Å². The van der Waals surface area contributed by atoms with Crippen molar-refractivity contribution < 1.29 is 8.78 Å². The van der Waals surface area contributed by atoms with E-state index in [1.54, 1.807) is 11.3 Å². The van der Waals surface area contributed by atoms with Gasteiger partial charge in [-0.25, -0.2) is 8.78 Å². The summed E-state index contributed by atoms with van der Waals surface area (Å²) in [5.41, 5.74) is 6.59. The van der Waals surface area contributed by atoms with Gasteiger partial charge >= 0.3 is 0 Å². The number of aliphatic imine (C=N–C) groups is 1. The molecule has 3 rings (SSSR count). The van der Waals surface area contributed by atoms with Gasteiger partial charge in [0.05, 0.1) is 0 Å². The van der Waals surface area contributed by atoms with Gasteiger partial charge in [0, 0.05) is 30.0 Å². The van der Waals surface area contributed by atoms with E-state index in [-0.39, 0.29) is 35.9 Å². The standard InChI is InChI=1S/C17H19F2N3S.HI/c18-13-6-11(7-14(19)10-13)12-8-15(9-12)22-17(20)21-4-3-16-2-1-5-23-16;/h1-2,5-7,10,12,15H,3-4,8-9H2,(H3,20,21,22);1H. The van der Waals surface area contributed by atoms with Crippen LogP contribution in [0, 0.1) is 11.6 Å². The first kappa shape index (κ1) is 19.1. The Balaban J connectivity index is 0.00000208. The molecule has 1 saturated carbocycles. The van der Waals surface area contributed by atoms with Gasteiger partial charge in [0.25, 0.3) is 0 Å². The molecule has 1 aliphatic carbocycles. The van der Waals surface area contributed by atoms with Crippen molar-refractivity contribution in [2.75, 3.05) is 6.54 Å². The molecule has 1 aromatic carbocycles. The van der Waals surface area contributed by atoms with Gasteiger partial charge in [-0.3, -0.25) is 4.99 Å². The largest absolute Gasteiger partial charge is 0.370 e. The summed E-state index contributed by atoms with van der Waals surface area (Å²) >= 11 is 1.71. The number of benzene rings is 1. The van der Waals surface area contributed by atoms with Crippen LogP contribution in [-0.4, -0.2) is 18.5 Å². The molecule has 1 aromatic heterocycles. The second-order valence-corrected chi connectivity index (χ2v) is 6.84. The SMILES string of the molecule is I.NC(=NCCc1cccs1)NC1CC(c2cc(F)cc(F)c2)C1. The van der Waals surface area contributed by atoms with E-state index in [9.17, 15) is 8.78 Å². The summed E-state index contributed by atoms with van der Waals surface area (Å²) in [5, 5.41) is 5.22. The number of hydrogen-bond donors (Lipinski definition) is 2. The number of nitrogens with two attached hydrogens (primary N) is 1. The zero-order valence-corrected chi connectivity index (χ0v) is 16.2. The molecular formula is C17H20F2IN3S. The van der Waals surface area contributed by atoms with Gasteiger partial charge in [-0.05, 0) is 47.9 Å². The van der Waals surface area contributed by atoms with Crippen LogP contribution in [0.15, 0.2) is 40.7 Å². The van der Waals surface area contributed by atoms with Gasteiger partial charge in [-0.15, -0.1) is 35.3 Å². The molecule has 24 heavy (non-hydrogen) atoms. The maximum absolute atomic E-state index is 13.2. The molecule has 130 valence electrons. The predicted molar refractivity (Wildman–Crippen MR) is 105 cm³/mol. The maximum Gasteiger partial charge on any atom is 0.188 e. The second kappa shape index (κ2) is 8.75. The highest BCUT2D eigenvalue weighted by atomic mass is 127. The van der Waals surface area contributed by atoms with E-state index in [4.69, 9.17) is 5.73 Å². The fourth-order valence-electron chi connectivity index (χ4n) is 2.81. The number of nitrogens with one attached hydrogen (secondary N) is 1. The highest BCUT2D eigenvalue weighted by Crippen LogP contribution is 2.37. The van der Waals surface area contributed by atoms with E-state index in [1.807, 2.05) is 11.4 Å². The Bertz CT molecular complexity index is 665. The van der Waals surface area contributed by atoms with Crippen molar-refractivity contribution in [2.24, 2.45) is 10.7 Å². The summed E-state index contributed by atoms with van der Waals surface area (Å²) in [6.07, 6.45) is 2.50. The van der Waals surface area contributed by atoms with Crippen molar-refractivity contribution in [3.05, 3.63) is 57.8 Å². The molecule has 1 aliphatic rings. The van der Waals surface area contributed by atoms with Crippen LogP contribution in [0.25, 0.3) is 0 Å². The molecule has 0 unspecified atom stereocenters. The van der Waals surface area contributed by atoms with E-state index in [1.165, 1.54) is 17.0 Å². The molecule has 0 spiro atoms. The summed E-state index contributed by atoms with van der Waals surface area (Å²) < 4.78 is 26.4. The quantitative estimate of drug-likeness (QED) is 0.400. The Morgan fingerprint density at radius 1 is 1.25 bits per heavy atom. The van der Waals surface area contributed by atoms with E-state index in [0.717, 1.165) is 25.3 Å². The molecule has 0 saturated heterocycles. The Morgan fingerprint density at radius 2 is 1.96 bits per heavy atom. The molecule has 3 nitrogen and oxygen atoms in total. The van der Waals surface area contributed by atoms with E-state index < -0.39 is 11.6 Å². The third-order valence-electron chi connectivity index (χ3n) is 4.07.